The predicted molar refractivity (Wildman–Crippen MR) is 119 cm³/mol. The molecule has 28 heavy (non-hydrogen) atoms. The Balaban J connectivity index is 0.00000165. The second kappa shape index (κ2) is 14.5. The first-order chi connectivity index (χ1) is 13.1. The molecule has 0 heterocycles. The molecule has 0 aromatic carbocycles. The maximum atomic E-state index is 10.6. The van der Waals surface area contributed by atoms with Crippen LogP contribution in [0.25, 0.3) is 0 Å². The van der Waals surface area contributed by atoms with Crippen LogP contribution in [0, 0.1) is 17.3 Å². The lowest BCUT2D eigenvalue weighted by Crippen LogP contribution is -2.40. The van der Waals surface area contributed by atoms with Gasteiger partial charge in [-0.15, -0.1) is 6.58 Å². The van der Waals surface area contributed by atoms with Crippen molar-refractivity contribution in [2.75, 3.05) is 19.7 Å². The molecule has 2 N–H and O–H groups in total. The summed E-state index contributed by atoms with van der Waals surface area (Å²) >= 11 is 0. The van der Waals surface area contributed by atoms with E-state index in [1.54, 1.807) is 6.08 Å². The Hall–Kier alpha value is -0.420. The first-order valence-corrected chi connectivity index (χ1v) is 11.5. The largest absolute Gasteiger partial charge is 0.365 e. The number of hydrogen-bond donors (Lipinski definition) is 2. The molecule has 1 fully saturated rings. The average Bonchev–Trinajstić information content (AvgIpc) is 2.61. The molecule has 0 bridgehead atoms. The van der Waals surface area contributed by atoms with Crippen molar-refractivity contribution >= 4 is 0 Å². The maximum Gasteiger partial charge on any atom is 0.165 e. The van der Waals surface area contributed by atoms with E-state index in [0.717, 1.165) is 38.5 Å². The van der Waals surface area contributed by atoms with Gasteiger partial charge in [-0.2, -0.15) is 5.06 Å². The van der Waals surface area contributed by atoms with E-state index in [1.807, 2.05) is 0 Å². The third-order valence-electron chi connectivity index (χ3n) is 5.83. The Morgan fingerprint density at radius 1 is 1.18 bits per heavy atom. The van der Waals surface area contributed by atoms with E-state index in [1.165, 1.54) is 24.3 Å². The monoisotopic (exact) mass is 399 g/mol. The van der Waals surface area contributed by atoms with Gasteiger partial charge >= 0.3 is 0 Å². The molecule has 4 nitrogen and oxygen atoms in total. The Morgan fingerprint density at radius 2 is 1.75 bits per heavy atom. The Morgan fingerprint density at radius 3 is 2.21 bits per heavy atom. The van der Waals surface area contributed by atoms with Gasteiger partial charge in [0.15, 0.2) is 5.79 Å². The minimum atomic E-state index is -0.940. The van der Waals surface area contributed by atoms with Gasteiger partial charge in [0.05, 0.1) is 6.61 Å². The number of ether oxygens (including phenoxy) is 1. The van der Waals surface area contributed by atoms with Crippen LogP contribution in [0.2, 0.25) is 0 Å². The summed E-state index contributed by atoms with van der Waals surface area (Å²) in [6, 6.07) is 0. The third-order valence-corrected chi connectivity index (χ3v) is 5.83. The van der Waals surface area contributed by atoms with Crippen molar-refractivity contribution in [1.29, 1.82) is 0 Å². The number of hydrogen-bond acceptors (Lipinski definition) is 4. The Bertz CT molecular complexity index is 385. The molecule has 0 unspecified atom stereocenters. The molecule has 168 valence electrons. The van der Waals surface area contributed by atoms with Crippen LogP contribution < -0.4 is 0 Å². The van der Waals surface area contributed by atoms with E-state index >= 15 is 0 Å². The summed E-state index contributed by atoms with van der Waals surface area (Å²) in [4.78, 5) is 0. The molecule has 1 saturated carbocycles. The van der Waals surface area contributed by atoms with Crippen LogP contribution in [0.1, 0.15) is 99.3 Å². The van der Waals surface area contributed by atoms with Crippen molar-refractivity contribution < 1.29 is 15.1 Å². The van der Waals surface area contributed by atoms with E-state index in [9.17, 15) is 10.3 Å². The minimum absolute atomic E-state index is 0.339. The van der Waals surface area contributed by atoms with Crippen molar-refractivity contribution in [2.45, 2.75) is 105 Å². The normalized spacial score (nSPS) is 22.9. The topological polar surface area (TPSA) is 52.9 Å². The fourth-order valence-corrected chi connectivity index (χ4v) is 4.11. The van der Waals surface area contributed by atoms with Crippen molar-refractivity contribution in [3.05, 3.63) is 12.7 Å². The molecule has 0 aromatic heterocycles. The standard InChI is InChI=1S/C20H39NO3.C4H10/c1-6-13-21(23)14-7-8-15-24-20(22)11-9-18(10-12-20)19(4,5)16-17(2)3;1-3-4-2/h6,17-18,22-23H,1,7-16H2,2-5H3;3-4H2,1-2H3. The van der Waals surface area contributed by atoms with E-state index in [4.69, 9.17) is 4.74 Å². The van der Waals surface area contributed by atoms with Crippen molar-refractivity contribution in [3.8, 4) is 0 Å². The molecule has 0 radical (unpaired) electrons. The summed E-state index contributed by atoms with van der Waals surface area (Å²) in [5.41, 5.74) is 0.339. The zero-order valence-electron chi connectivity index (χ0n) is 19.7. The zero-order chi connectivity index (χ0) is 21.6. The predicted octanol–water partition coefficient (Wildman–Crippen LogP) is 6.42. The second-order valence-corrected chi connectivity index (χ2v) is 9.56. The van der Waals surface area contributed by atoms with Gasteiger partial charge in [0.25, 0.3) is 0 Å². The van der Waals surface area contributed by atoms with Gasteiger partial charge in [-0.3, -0.25) is 0 Å². The van der Waals surface area contributed by atoms with Crippen LogP contribution in [0.3, 0.4) is 0 Å². The van der Waals surface area contributed by atoms with Crippen molar-refractivity contribution in [2.24, 2.45) is 17.3 Å². The number of aliphatic hydroxyl groups is 1. The van der Waals surface area contributed by atoms with E-state index in [-0.39, 0.29) is 0 Å². The second-order valence-electron chi connectivity index (χ2n) is 9.56. The molecule has 0 aromatic rings. The van der Waals surface area contributed by atoms with Gasteiger partial charge < -0.3 is 15.1 Å². The van der Waals surface area contributed by atoms with E-state index in [0.29, 0.717) is 36.9 Å². The first-order valence-electron chi connectivity index (χ1n) is 11.5. The molecule has 0 amide bonds. The molecule has 4 heteroatoms. The molecular weight excluding hydrogens is 350 g/mol. The molecular formula is C24H49NO3. The van der Waals surface area contributed by atoms with Crippen LogP contribution in [0.15, 0.2) is 12.7 Å². The smallest absolute Gasteiger partial charge is 0.165 e. The Kier molecular flexibility index (Phi) is 14.3. The molecule has 0 spiro atoms. The number of nitrogens with zero attached hydrogens (tertiary/aromatic N) is 1. The van der Waals surface area contributed by atoms with Gasteiger partial charge in [0, 0.05) is 25.9 Å². The molecule has 1 aliphatic carbocycles. The van der Waals surface area contributed by atoms with Gasteiger partial charge in [-0.1, -0.05) is 60.5 Å². The summed E-state index contributed by atoms with van der Waals surface area (Å²) < 4.78 is 5.79. The highest BCUT2D eigenvalue weighted by Crippen LogP contribution is 2.45. The fourth-order valence-electron chi connectivity index (χ4n) is 4.11. The molecule has 0 aliphatic heterocycles. The summed E-state index contributed by atoms with van der Waals surface area (Å²) in [6.45, 7) is 18.9. The van der Waals surface area contributed by atoms with Gasteiger partial charge in [-0.25, -0.2) is 0 Å². The van der Waals surface area contributed by atoms with Crippen LogP contribution in [0.5, 0.6) is 0 Å². The van der Waals surface area contributed by atoms with Gasteiger partial charge in [-0.05, 0) is 49.4 Å². The Labute approximate surface area is 175 Å². The highest BCUT2D eigenvalue weighted by Gasteiger charge is 2.39. The lowest BCUT2D eigenvalue weighted by Gasteiger charge is -2.43. The van der Waals surface area contributed by atoms with Gasteiger partial charge in [0.2, 0.25) is 0 Å². The maximum absolute atomic E-state index is 10.6. The summed E-state index contributed by atoms with van der Waals surface area (Å²) in [7, 11) is 0. The van der Waals surface area contributed by atoms with E-state index in [2.05, 4.69) is 48.1 Å². The van der Waals surface area contributed by atoms with Crippen molar-refractivity contribution in [1.82, 2.24) is 5.06 Å². The number of hydroxylamine groups is 2. The van der Waals surface area contributed by atoms with Crippen LogP contribution in [-0.4, -0.2) is 40.9 Å². The summed E-state index contributed by atoms with van der Waals surface area (Å²) in [5.74, 6) is 0.444. The lowest BCUT2D eigenvalue weighted by molar-refractivity contribution is -0.229. The van der Waals surface area contributed by atoms with E-state index < -0.39 is 5.79 Å². The quantitative estimate of drug-likeness (QED) is 0.172. The fraction of sp³-hybridized carbons (Fsp3) is 0.917. The molecule has 0 atom stereocenters. The number of rotatable bonds is 12. The van der Waals surface area contributed by atoms with Crippen LogP contribution >= 0.6 is 0 Å². The van der Waals surface area contributed by atoms with Crippen LogP contribution in [-0.2, 0) is 4.74 Å². The molecule has 0 saturated heterocycles. The van der Waals surface area contributed by atoms with Gasteiger partial charge in [0.1, 0.15) is 0 Å². The lowest BCUT2D eigenvalue weighted by atomic mass is 9.66. The minimum Gasteiger partial charge on any atom is -0.365 e. The highest BCUT2D eigenvalue weighted by atomic mass is 16.6. The molecule has 1 rings (SSSR count). The highest BCUT2D eigenvalue weighted by molar-refractivity contribution is 4.87. The SMILES string of the molecule is C=CCN(O)CCCCOC1(O)CCC(C(C)(C)CC(C)C)CC1.CCCC. The van der Waals surface area contributed by atoms with Crippen LogP contribution in [0.4, 0.5) is 0 Å². The van der Waals surface area contributed by atoms with Crippen molar-refractivity contribution in [3.63, 3.8) is 0 Å². The average molecular weight is 400 g/mol. The first kappa shape index (κ1) is 27.6. The summed E-state index contributed by atoms with van der Waals surface area (Å²) in [6.07, 6.45) is 10.8. The zero-order valence-corrected chi connectivity index (χ0v) is 19.7. The number of unbranched alkanes of at least 4 members (excludes halogenated alkanes) is 2. The summed E-state index contributed by atoms with van der Waals surface area (Å²) in [5, 5.41) is 21.4. The third kappa shape index (κ3) is 12.2. The molecule has 1 aliphatic rings.